The van der Waals surface area contributed by atoms with E-state index in [4.69, 9.17) is 9.72 Å². The maximum absolute atomic E-state index is 12.2. The van der Waals surface area contributed by atoms with Gasteiger partial charge in [0, 0.05) is 38.2 Å². The maximum Gasteiger partial charge on any atom is 0.252 e. The molecular formula is C21H28N4O2. The lowest BCUT2D eigenvalue weighted by Crippen LogP contribution is -2.39. The van der Waals surface area contributed by atoms with Crippen molar-refractivity contribution in [1.82, 2.24) is 14.9 Å². The van der Waals surface area contributed by atoms with E-state index in [-0.39, 0.29) is 5.56 Å². The predicted octanol–water partition coefficient (Wildman–Crippen LogP) is 2.29. The summed E-state index contributed by atoms with van der Waals surface area (Å²) < 4.78 is 5.41. The SMILES string of the molecule is Cc1ccc(CN2CCCC(c3cc(=O)[nH]c(N4CCOCC4)n3)C2)cc1. The molecule has 6 heteroatoms. The molecule has 1 unspecified atom stereocenters. The Kier molecular flexibility index (Phi) is 5.55. The van der Waals surface area contributed by atoms with Crippen molar-refractivity contribution < 1.29 is 4.74 Å². The number of likely N-dealkylation sites (tertiary alicyclic amines) is 1. The smallest absolute Gasteiger partial charge is 0.252 e. The molecule has 2 fully saturated rings. The molecule has 6 nitrogen and oxygen atoms in total. The van der Waals surface area contributed by atoms with Crippen LogP contribution < -0.4 is 10.5 Å². The summed E-state index contributed by atoms with van der Waals surface area (Å²) in [5, 5.41) is 0. The summed E-state index contributed by atoms with van der Waals surface area (Å²) in [5.41, 5.74) is 3.50. The van der Waals surface area contributed by atoms with Crippen molar-refractivity contribution in [3.63, 3.8) is 0 Å². The quantitative estimate of drug-likeness (QED) is 0.897. The predicted molar refractivity (Wildman–Crippen MR) is 106 cm³/mol. The lowest BCUT2D eigenvalue weighted by atomic mass is 9.94. The van der Waals surface area contributed by atoms with Crippen molar-refractivity contribution in [3.8, 4) is 0 Å². The number of benzene rings is 1. The van der Waals surface area contributed by atoms with Crippen molar-refractivity contribution in [3.05, 3.63) is 57.5 Å². The molecule has 0 bridgehead atoms. The van der Waals surface area contributed by atoms with Crippen LogP contribution in [0.3, 0.4) is 0 Å². The van der Waals surface area contributed by atoms with Crippen molar-refractivity contribution in [2.45, 2.75) is 32.2 Å². The fourth-order valence-electron chi connectivity index (χ4n) is 3.99. The highest BCUT2D eigenvalue weighted by Crippen LogP contribution is 2.27. The van der Waals surface area contributed by atoms with E-state index in [2.05, 4.69) is 46.0 Å². The topological polar surface area (TPSA) is 61.5 Å². The zero-order valence-electron chi connectivity index (χ0n) is 16.0. The van der Waals surface area contributed by atoms with Crippen molar-refractivity contribution in [2.75, 3.05) is 44.3 Å². The first kappa shape index (κ1) is 18.2. The van der Waals surface area contributed by atoms with Gasteiger partial charge in [0.1, 0.15) is 0 Å². The molecule has 0 amide bonds. The molecule has 2 saturated heterocycles. The van der Waals surface area contributed by atoms with Gasteiger partial charge in [-0.25, -0.2) is 4.98 Å². The number of morpholine rings is 1. The average Bonchev–Trinajstić information content (AvgIpc) is 2.70. The number of piperidine rings is 1. The number of H-pyrrole nitrogens is 1. The Morgan fingerprint density at radius 2 is 1.96 bits per heavy atom. The second kappa shape index (κ2) is 8.23. The first-order valence-corrected chi connectivity index (χ1v) is 9.89. The average molecular weight is 368 g/mol. The minimum atomic E-state index is -0.0582. The third kappa shape index (κ3) is 4.57. The van der Waals surface area contributed by atoms with Gasteiger partial charge in [-0.3, -0.25) is 14.7 Å². The molecule has 1 aromatic carbocycles. The minimum Gasteiger partial charge on any atom is -0.378 e. The van der Waals surface area contributed by atoms with E-state index in [0.717, 1.165) is 51.3 Å². The van der Waals surface area contributed by atoms with E-state index in [0.29, 0.717) is 25.1 Å². The van der Waals surface area contributed by atoms with Gasteiger partial charge < -0.3 is 9.64 Å². The molecular weight excluding hydrogens is 340 g/mol. The Morgan fingerprint density at radius 1 is 1.19 bits per heavy atom. The Hall–Kier alpha value is -2.18. The number of aromatic amines is 1. The first-order chi connectivity index (χ1) is 13.2. The maximum atomic E-state index is 12.2. The molecule has 1 atom stereocenters. The standard InChI is InChI=1S/C21H28N4O2/c1-16-4-6-17(7-5-16)14-24-8-2-3-18(15-24)19-13-20(26)23-21(22-19)25-9-11-27-12-10-25/h4-7,13,18H,2-3,8-12,14-15H2,1H3,(H,22,23,26). The first-order valence-electron chi connectivity index (χ1n) is 9.89. The molecule has 3 heterocycles. The molecule has 4 rings (SSSR count). The van der Waals surface area contributed by atoms with Gasteiger partial charge in [-0.1, -0.05) is 29.8 Å². The van der Waals surface area contributed by atoms with Crippen LogP contribution in [0.5, 0.6) is 0 Å². The minimum absolute atomic E-state index is 0.0582. The van der Waals surface area contributed by atoms with Gasteiger partial charge in [-0.05, 0) is 31.9 Å². The molecule has 27 heavy (non-hydrogen) atoms. The second-order valence-corrected chi connectivity index (χ2v) is 7.65. The number of nitrogens with one attached hydrogen (secondary N) is 1. The Labute approximate surface area is 160 Å². The molecule has 0 radical (unpaired) electrons. The fraction of sp³-hybridized carbons (Fsp3) is 0.524. The van der Waals surface area contributed by atoms with Gasteiger partial charge in [0.25, 0.3) is 5.56 Å². The summed E-state index contributed by atoms with van der Waals surface area (Å²) in [7, 11) is 0. The molecule has 0 aliphatic carbocycles. The highest BCUT2D eigenvalue weighted by Gasteiger charge is 2.24. The molecule has 2 aliphatic heterocycles. The summed E-state index contributed by atoms with van der Waals surface area (Å²) >= 11 is 0. The van der Waals surface area contributed by atoms with Gasteiger partial charge in [-0.15, -0.1) is 0 Å². The van der Waals surface area contributed by atoms with Crippen molar-refractivity contribution in [2.24, 2.45) is 0 Å². The molecule has 144 valence electrons. The summed E-state index contributed by atoms with van der Waals surface area (Å²) in [5.74, 6) is 1.00. The van der Waals surface area contributed by atoms with Crippen LogP contribution in [0.25, 0.3) is 0 Å². The van der Waals surface area contributed by atoms with Crippen LogP contribution in [0, 0.1) is 6.92 Å². The van der Waals surface area contributed by atoms with Crippen LogP contribution in [0.4, 0.5) is 5.95 Å². The number of hydrogen-bond donors (Lipinski definition) is 1. The number of aromatic nitrogens is 2. The molecule has 0 saturated carbocycles. The summed E-state index contributed by atoms with van der Waals surface area (Å²) in [6.45, 7) is 8.04. The van der Waals surface area contributed by atoms with E-state index < -0.39 is 0 Å². The van der Waals surface area contributed by atoms with Gasteiger partial charge in [0.05, 0.1) is 18.9 Å². The number of hydrogen-bond acceptors (Lipinski definition) is 5. The highest BCUT2D eigenvalue weighted by atomic mass is 16.5. The number of anilines is 1. The Balaban J connectivity index is 1.48. The third-order valence-corrected chi connectivity index (χ3v) is 5.51. The summed E-state index contributed by atoms with van der Waals surface area (Å²) in [6.07, 6.45) is 2.22. The summed E-state index contributed by atoms with van der Waals surface area (Å²) in [4.78, 5) is 24.6. The Morgan fingerprint density at radius 3 is 2.74 bits per heavy atom. The Bertz CT molecular complexity index is 812. The van der Waals surface area contributed by atoms with Crippen LogP contribution in [-0.2, 0) is 11.3 Å². The third-order valence-electron chi connectivity index (χ3n) is 5.51. The van der Waals surface area contributed by atoms with Crippen LogP contribution >= 0.6 is 0 Å². The second-order valence-electron chi connectivity index (χ2n) is 7.65. The van der Waals surface area contributed by atoms with E-state index in [1.165, 1.54) is 11.1 Å². The van der Waals surface area contributed by atoms with E-state index in [1.54, 1.807) is 6.07 Å². The van der Waals surface area contributed by atoms with Gasteiger partial charge >= 0.3 is 0 Å². The zero-order chi connectivity index (χ0) is 18.6. The lowest BCUT2D eigenvalue weighted by molar-refractivity contribution is 0.122. The van der Waals surface area contributed by atoms with Gasteiger partial charge in [0.2, 0.25) is 5.95 Å². The molecule has 2 aliphatic rings. The number of aryl methyl sites for hydroxylation is 1. The number of ether oxygens (including phenoxy) is 1. The van der Waals surface area contributed by atoms with E-state index >= 15 is 0 Å². The van der Waals surface area contributed by atoms with Gasteiger partial charge in [0.15, 0.2) is 0 Å². The fourth-order valence-corrected chi connectivity index (χ4v) is 3.99. The highest BCUT2D eigenvalue weighted by molar-refractivity contribution is 5.32. The van der Waals surface area contributed by atoms with Crippen LogP contribution in [0.15, 0.2) is 35.1 Å². The van der Waals surface area contributed by atoms with Crippen LogP contribution in [0.2, 0.25) is 0 Å². The van der Waals surface area contributed by atoms with E-state index in [9.17, 15) is 4.79 Å². The zero-order valence-corrected chi connectivity index (χ0v) is 16.0. The largest absolute Gasteiger partial charge is 0.378 e. The lowest BCUT2D eigenvalue weighted by Gasteiger charge is -2.33. The van der Waals surface area contributed by atoms with Crippen LogP contribution in [-0.4, -0.2) is 54.3 Å². The molecule has 0 spiro atoms. The molecule has 2 aromatic rings. The normalized spacial score (nSPS) is 21.4. The number of nitrogens with zero attached hydrogens (tertiary/aromatic N) is 3. The van der Waals surface area contributed by atoms with Gasteiger partial charge in [-0.2, -0.15) is 0 Å². The molecule has 1 N–H and O–H groups in total. The van der Waals surface area contributed by atoms with Crippen molar-refractivity contribution >= 4 is 5.95 Å². The van der Waals surface area contributed by atoms with E-state index in [1.807, 2.05) is 0 Å². The summed E-state index contributed by atoms with van der Waals surface area (Å²) in [6, 6.07) is 10.4. The monoisotopic (exact) mass is 368 g/mol. The number of rotatable bonds is 4. The van der Waals surface area contributed by atoms with Crippen molar-refractivity contribution in [1.29, 1.82) is 0 Å². The van der Waals surface area contributed by atoms with Crippen LogP contribution in [0.1, 0.15) is 35.6 Å². The molecule has 1 aromatic heterocycles.